The van der Waals surface area contributed by atoms with Crippen LogP contribution in [0.5, 0.6) is 0 Å². The first-order valence-corrected chi connectivity index (χ1v) is 11.2. The standard InChI is InChI=1S/C21H32N4O2S/c26-19-18(16-22-11-7-14-24-12-5-2-6-13-24)20(27)25(21(28)23-19)15-10-17-8-3-1-4-9-17/h8,16,18H,1-7,9-15H2,(H,23,26,28)/p+1. The zero-order valence-corrected chi connectivity index (χ0v) is 17.6. The molecule has 1 unspecified atom stereocenters. The van der Waals surface area contributed by atoms with Gasteiger partial charge in [0.15, 0.2) is 11.0 Å². The van der Waals surface area contributed by atoms with E-state index in [0.717, 1.165) is 32.2 Å². The molecule has 7 heteroatoms. The van der Waals surface area contributed by atoms with Crippen LogP contribution in [0, 0.1) is 5.92 Å². The van der Waals surface area contributed by atoms with Crippen LogP contribution in [0.15, 0.2) is 16.6 Å². The highest BCUT2D eigenvalue weighted by Gasteiger charge is 2.37. The maximum Gasteiger partial charge on any atom is 0.246 e. The van der Waals surface area contributed by atoms with E-state index < -0.39 is 5.92 Å². The number of aliphatic imine (C=N–C) groups is 1. The fraction of sp³-hybridized carbons (Fsp3) is 0.714. The van der Waals surface area contributed by atoms with Crippen LogP contribution in [-0.4, -0.2) is 60.8 Å². The molecule has 2 aliphatic heterocycles. The average molecular weight is 406 g/mol. The molecule has 0 aromatic carbocycles. The summed E-state index contributed by atoms with van der Waals surface area (Å²) in [7, 11) is 0. The molecule has 3 aliphatic rings. The second kappa shape index (κ2) is 10.8. The summed E-state index contributed by atoms with van der Waals surface area (Å²) in [6.07, 6.45) is 14.3. The number of hydrogen-bond acceptors (Lipinski definition) is 4. The Morgan fingerprint density at radius 3 is 2.79 bits per heavy atom. The van der Waals surface area contributed by atoms with Crippen molar-refractivity contribution in [3.05, 3.63) is 11.6 Å². The van der Waals surface area contributed by atoms with Crippen LogP contribution in [0.2, 0.25) is 0 Å². The number of amides is 2. The van der Waals surface area contributed by atoms with Gasteiger partial charge in [0.05, 0.1) is 19.6 Å². The molecular weight excluding hydrogens is 372 g/mol. The second-order valence-electron chi connectivity index (χ2n) is 8.09. The van der Waals surface area contributed by atoms with Gasteiger partial charge in [0, 0.05) is 25.7 Å². The molecule has 1 aliphatic carbocycles. The highest BCUT2D eigenvalue weighted by molar-refractivity contribution is 7.80. The summed E-state index contributed by atoms with van der Waals surface area (Å²) >= 11 is 5.23. The molecule has 2 amide bonds. The van der Waals surface area contributed by atoms with E-state index in [2.05, 4.69) is 16.4 Å². The number of quaternary nitrogens is 1. The summed E-state index contributed by atoms with van der Waals surface area (Å²) in [4.78, 5) is 32.6. The first-order chi connectivity index (χ1) is 13.6. The van der Waals surface area contributed by atoms with Gasteiger partial charge in [-0.3, -0.25) is 19.5 Å². The molecule has 2 N–H and O–H groups in total. The molecule has 0 bridgehead atoms. The number of carbonyl (C=O) groups is 2. The first kappa shape index (κ1) is 21.1. The van der Waals surface area contributed by atoms with Gasteiger partial charge in [0.25, 0.3) is 0 Å². The van der Waals surface area contributed by atoms with Gasteiger partial charge in [0.2, 0.25) is 11.8 Å². The van der Waals surface area contributed by atoms with Crippen molar-refractivity contribution in [2.45, 2.75) is 57.8 Å². The third-order valence-electron chi connectivity index (χ3n) is 5.96. The fourth-order valence-electron chi connectivity index (χ4n) is 4.26. The molecule has 0 radical (unpaired) electrons. The summed E-state index contributed by atoms with van der Waals surface area (Å²) in [6, 6.07) is 0. The largest absolute Gasteiger partial charge is 0.335 e. The van der Waals surface area contributed by atoms with Gasteiger partial charge in [-0.05, 0) is 63.6 Å². The number of likely N-dealkylation sites (tertiary alicyclic amines) is 1. The van der Waals surface area contributed by atoms with Crippen LogP contribution in [0.4, 0.5) is 0 Å². The molecule has 28 heavy (non-hydrogen) atoms. The van der Waals surface area contributed by atoms with Crippen molar-refractivity contribution < 1.29 is 14.5 Å². The lowest BCUT2D eigenvalue weighted by Crippen LogP contribution is -3.12. The molecule has 2 saturated heterocycles. The van der Waals surface area contributed by atoms with Crippen LogP contribution in [-0.2, 0) is 9.59 Å². The second-order valence-corrected chi connectivity index (χ2v) is 8.48. The lowest BCUT2D eigenvalue weighted by atomic mass is 9.97. The molecule has 0 saturated carbocycles. The van der Waals surface area contributed by atoms with Crippen LogP contribution in [0.3, 0.4) is 0 Å². The third-order valence-corrected chi connectivity index (χ3v) is 6.29. The number of allylic oxidation sites excluding steroid dienone is 1. The van der Waals surface area contributed by atoms with E-state index in [-0.39, 0.29) is 16.9 Å². The molecule has 6 nitrogen and oxygen atoms in total. The van der Waals surface area contributed by atoms with E-state index in [1.165, 1.54) is 57.0 Å². The summed E-state index contributed by atoms with van der Waals surface area (Å²) in [5.41, 5.74) is 1.39. The Bertz CT molecular complexity index is 640. The van der Waals surface area contributed by atoms with Gasteiger partial charge in [-0.2, -0.15) is 0 Å². The van der Waals surface area contributed by atoms with Crippen LogP contribution in [0.1, 0.15) is 57.8 Å². The van der Waals surface area contributed by atoms with Crippen molar-refractivity contribution in [1.29, 1.82) is 0 Å². The van der Waals surface area contributed by atoms with E-state index in [1.54, 1.807) is 9.80 Å². The maximum atomic E-state index is 12.8. The molecule has 0 spiro atoms. The number of nitrogens with zero attached hydrogens (tertiary/aromatic N) is 2. The highest BCUT2D eigenvalue weighted by Crippen LogP contribution is 2.21. The highest BCUT2D eigenvalue weighted by atomic mass is 32.1. The minimum Gasteiger partial charge on any atom is -0.335 e. The maximum absolute atomic E-state index is 12.8. The predicted octanol–water partition coefficient (Wildman–Crippen LogP) is 1.27. The quantitative estimate of drug-likeness (QED) is 0.210. The summed E-state index contributed by atoms with van der Waals surface area (Å²) in [5, 5.41) is 2.90. The van der Waals surface area contributed by atoms with E-state index in [0.29, 0.717) is 13.1 Å². The van der Waals surface area contributed by atoms with E-state index >= 15 is 0 Å². The molecule has 2 heterocycles. The van der Waals surface area contributed by atoms with E-state index in [1.807, 2.05) is 0 Å². The molecule has 0 aromatic rings. The Balaban J connectivity index is 1.47. The SMILES string of the molecule is O=C1NC(=S)N(CCC2=CCCCC2)C(=O)C1C=NCCC[NH+]1CCCCC1. The normalized spacial score (nSPS) is 24.6. The smallest absolute Gasteiger partial charge is 0.246 e. The average Bonchev–Trinajstić information content (AvgIpc) is 2.71. The summed E-state index contributed by atoms with van der Waals surface area (Å²) < 4.78 is 0. The van der Waals surface area contributed by atoms with Crippen LogP contribution < -0.4 is 10.2 Å². The minimum absolute atomic E-state index is 0.227. The number of hydrogen-bond donors (Lipinski definition) is 2. The van der Waals surface area contributed by atoms with Gasteiger partial charge in [-0.25, -0.2) is 0 Å². The Kier molecular flexibility index (Phi) is 8.15. The Morgan fingerprint density at radius 1 is 1.21 bits per heavy atom. The van der Waals surface area contributed by atoms with E-state index in [4.69, 9.17) is 12.2 Å². The zero-order chi connectivity index (χ0) is 19.8. The third kappa shape index (κ3) is 5.95. The predicted molar refractivity (Wildman–Crippen MR) is 115 cm³/mol. The molecule has 3 rings (SSSR count). The van der Waals surface area contributed by atoms with Crippen molar-refractivity contribution in [3.63, 3.8) is 0 Å². The van der Waals surface area contributed by atoms with Gasteiger partial charge < -0.3 is 10.2 Å². The first-order valence-electron chi connectivity index (χ1n) is 10.8. The van der Waals surface area contributed by atoms with Gasteiger partial charge >= 0.3 is 0 Å². The molecule has 0 aromatic heterocycles. The van der Waals surface area contributed by atoms with Gasteiger partial charge in [0.1, 0.15) is 0 Å². The number of piperidine rings is 1. The number of rotatable bonds is 8. The van der Waals surface area contributed by atoms with Crippen molar-refractivity contribution in [3.8, 4) is 0 Å². The fourth-order valence-corrected chi connectivity index (χ4v) is 4.54. The van der Waals surface area contributed by atoms with Crippen molar-refractivity contribution in [1.82, 2.24) is 10.2 Å². The topological polar surface area (TPSA) is 66.2 Å². The van der Waals surface area contributed by atoms with Gasteiger partial charge in [-0.15, -0.1) is 0 Å². The van der Waals surface area contributed by atoms with Crippen LogP contribution >= 0.6 is 12.2 Å². The lowest BCUT2D eigenvalue weighted by Gasteiger charge is -2.31. The van der Waals surface area contributed by atoms with Crippen molar-refractivity contribution in [2.24, 2.45) is 10.9 Å². The number of thiocarbonyl (C=S) groups is 1. The van der Waals surface area contributed by atoms with E-state index in [9.17, 15) is 9.59 Å². The summed E-state index contributed by atoms with van der Waals surface area (Å²) in [5.74, 6) is -1.45. The molecule has 1 atom stereocenters. The van der Waals surface area contributed by atoms with Crippen LogP contribution in [0.25, 0.3) is 0 Å². The van der Waals surface area contributed by atoms with Gasteiger partial charge in [-0.1, -0.05) is 11.6 Å². The lowest BCUT2D eigenvalue weighted by molar-refractivity contribution is -0.904. The minimum atomic E-state index is -0.852. The van der Waals surface area contributed by atoms with Crippen molar-refractivity contribution >= 4 is 35.4 Å². The Labute approximate surface area is 173 Å². The molecule has 154 valence electrons. The Hall–Kier alpha value is -1.60. The molecule has 2 fully saturated rings. The Morgan fingerprint density at radius 2 is 2.04 bits per heavy atom. The van der Waals surface area contributed by atoms with Crippen molar-refractivity contribution in [2.75, 3.05) is 32.7 Å². The summed E-state index contributed by atoms with van der Waals surface area (Å²) in [6.45, 7) is 4.84. The molecular formula is C21H33N4O2S+. The number of carbonyl (C=O) groups excluding carboxylic acids is 2. The number of nitrogens with one attached hydrogen (secondary N) is 2. The zero-order valence-electron chi connectivity index (χ0n) is 16.8. The monoisotopic (exact) mass is 405 g/mol.